The van der Waals surface area contributed by atoms with Crippen LogP contribution in [0.1, 0.15) is 44.9 Å². The van der Waals surface area contributed by atoms with Gasteiger partial charge in [0.05, 0.1) is 0 Å². The van der Waals surface area contributed by atoms with E-state index in [0.717, 1.165) is 51.9 Å². The maximum Gasteiger partial charge on any atom is 0.225 e. The van der Waals surface area contributed by atoms with Crippen molar-refractivity contribution in [2.24, 2.45) is 17.6 Å². The summed E-state index contributed by atoms with van der Waals surface area (Å²) in [6.45, 7) is 3.67. The molecule has 5 heteroatoms. The summed E-state index contributed by atoms with van der Waals surface area (Å²) in [5, 5.41) is 0. The van der Waals surface area contributed by atoms with E-state index in [2.05, 4.69) is 4.90 Å². The van der Waals surface area contributed by atoms with Crippen LogP contribution in [0.3, 0.4) is 0 Å². The minimum atomic E-state index is -0.155. The van der Waals surface area contributed by atoms with Crippen LogP contribution >= 0.6 is 0 Å². The van der Waals surface area contributed by atoms with Crippen molar-refractivity contribution in [2.75, 3.05) is 26.2 Å². The maximum absolute atomic E-state index is 12.4. The minimum Gasteiger partial charge on any atom is -0.369 e. The van der Waals surface area contributed by atoms with Gasteiger partial charge in [-0.1, -0.05) is 19.3 Å². The lowest BCUT2D eigenvalue weighted by molar-refractivity contribution is -0.144. The summed E-state index contributed by atoms with van der Waals surface area (Å²) in [7, 11) is 0. The lowest BCUT2D eigenvalue weighted by atomic mass is 9.87. The molecule has 2 heterocycles. The molecule has 0 radical (unpaired) electrons. The molecular weight excluding hydrogens is 266 g/mol. The Hall–Kier alpha value is -1.10. The van der Waals surface area contributed by atoms with E-state index < -0.39 is 0 Å². The summed E-state index contributed by atoms with van der Waals surface area (Å²) < 4.78 is 0. The van der Waals surface area contributed by atoms with Gasteiger partial charge in [-0.25, -0.2) is 0 Å². The van der Waals surface area contributed by atoms with Crippen LogP contribution in [0.15, 0.2) is 0 Å². The lowest BCUT2D eigenvalue weighted by Crippen LogP contribution is -2.63. The number of carbonyl (C=O) groups excluding carboxylic acids is 2. The maximum atomic E-state index is 12.4. The van der Waals surface area contributed by atoms with E-state index in [4.69, 9.17) is 5.73 Å². The molecule has 2 N–H and O–H groups in total. The van der Waals surface area contributed by atoms with Gasteiger partial charge >= 0.3 is 0 Å². The standard InChI is InChI=1S/C16H27N3O2/c17-15(20)12-6-8-18(9-7-12)14-10-19(11-14)16(21)13-4-2-1-3-5-13/h12-14H,1-11H2,(H2,17,20). The smallest absolute Gasteiger partial charge is 0.225 e. The Morgan fingerprint density at radius 2 is 1.48 bits per heavy atom. The molecule has 118 valence electrons. The Morgan fingerprint density at radius 3 is 2.05 bits per heavy atom. The van der Waals surface area contributed by atoms with Gasteiger partial charge in [-0.15, -0.1) is 0 Å². The summed E-state index contributed by atoms with van der Waals surface area (Å²) >= 11 is 0. The number of hydrogen-bond acceptors (Lipinski definition) is 3. The first-order valence-corrected chi connectivity index (χ1v) is 8.47. The molecular formula is C16H27N3O2. The van der Waals surface area contributed by atoms with Gasteiger partial charge in [0.25, 0.3) is 0 Å². The molecule has 0 spiro atoms. The van der Waals surface area contributed by atoms with Crippen molar-refractivity contribution in [1.82, 2.24) is 9.80 Å². The van der Waals surface area contributed by atoms with E-state index in [-0.39, 0.29) is 11.8 Å². The van der Waals surface area contributed by atoms with E-state index in [9.17, 15) is 9.59 Å². The highest BCUT2D eigenvalue weighted by Crippen LogP contribution is 2.29. The van der Waals surface area contributed by atoms with Crippen molar-refractivity contribution in [2.45, 2.75) is 51.0 Å². The minimum absolute atomic E-state index is 0.0568. The van der Waals surface area contributed by atoms with Crippen molar-refractivity contribution in [1.29, 1.82) is 0 Å². The molecule has 2 aliphatic heterocycles. The molecule has 3 fully saturated rings. The van der Waals surface area contributed by atoms with Crippen molar-refractivity contribution in [3.05, 3.63) is 0 Å². The Kier molecular flexibility index (Phi) is 4.48. The summed E-state index contributed by atoms with van der Waals surface area (Å²) in [4.78, 5) is 28.1. The molecule has 0 aromatic heterocycles. The third-order valence-corrected chi connectivity index (χ3v) is 5.58. The molecule has 0 aromatic carbocycles. The first-order chi connectivity index (χ1) is 10.1. The molecule has 21 heavy (non-hydrogen) atoms. The molecule has 0 bridgehead atoms. The Bertz CT molecular complexity index is 392. The quantitative estimate of drug-likeness (QED) is 0.843. The third-order valence-electron chi connectivity index (χ3n) is 5.58. The average molecular weight is 293 g/mol. The van der Waals surface area contributed by atoms with Crippen LogP contribution < -0.4 is 5.73 Å². The Balaban J connectivity index is 1.41. The highest BCUT2D eigenvalue weighted by Gasteiger charge is 2.39. The fraction of sp³-hybridized carbons (Fsp3) is 0.875. The van der Waals surface area contributed by atoms with Gasteiger partial charge in [-0.2, -0.15) is 0 Å². The molecule has 1 aliphatic carbocycles. The summed E-state index contributed by atoms with van der Waals surface area (Å²) in [5.41, 5.74) is 5.37. The van der Waals surface area contributed by atoms with Gasteiger partial charge in [0.15, 0.2) is 0 Å². The third kappa shape index (κ3) is 3.23. The largest absolute Gasteiger partial charge is 0.369 e. The van der Waals surface area contributed by atoms with Crippen molar-refractivity contribution in [3.63, 3.8) is 0 Å². The van der Waals surface area contributed by atoms with E-state index >= 15 is 0 Å². The van der Waals surface area contributed by atoms with Crippen LogP contribution in [0.4, 0.5) is 0 Å². The Labute approximate surface area is 126 Å². The number of amides is 2. The molecule has 0 aromatic rings. The second-order valence-electron chi connectivity index (χ2n) is 6.94. The molecule has 3 aliphatic rings. The van der Waals surface area contributed by atoms with Gasteiger partial charge in [0.2, 0.25) is 11.8 Å². The van der Waals surface area contributed by atoms with E-state index in [1.165, 1.54) is 19.3 Å². The second-order valence-corrected chi connectivity index (χ2v) is 6.94. The number of rotatable bonds is 3. The first-order valence-electron chi connectivity index (χ1n) is 8.47. The number of likely N-dealkylation sites (tertiary alicyclic amines) is 2. The predicted molar refractivity (Wildman–Crippen MR) is 80.4 cm³/mol. The molecule has 0 atom stereocenters. The van der Waals surface area contributed by atoms with Gasteiger partial charge in [0, 0.05) is 31.0 Å². The van der Waals surface area contributed by atoms with Gasteiger partial charge in [-0.05, 0) is 38.8 Å². The van der Waals surface area contributed by atoms with Crippen LogP contribution in [0, 0.1) is 11.8 Å². The monoisotopic (exact) mass is 293 g/mol. The topological polar surface area (TPSA) is 66.6 Å². The van der Waals surface area contributed by atoms with Crippen molar-refractivity contribution >= 4 is 11.8 Å². The number of piperidine rings is 1. The van der Waals surface area contributed by atoms with Gasteiger partial charge < -0.3 is 10.6 Å². The van der Waals surface area contributed by atoms with Crippen molar-refractivity contribution < 1.29 is 9.59 Å². The van der Waals surface area contributed by atoms with Crippen LogP contribution in [0.25, 0.3) is 0 Å². The van der Waals surface area contributed by atoms with Crippen LogP contribution in [0.2, 0.25) is 0 Å². The second kappa shape index (κ2) is 6.34. The number of nitrogens with zero attached hydrogens (tertiary/aromatic N) is 2. The summed E-state index contributed by atoms with van der Waals surface area (Å²) in [5.74, 6) is 0.580. The fourth-order valence-corrected chi connectivity index (χ4v) is 4.02. The number of hydrogen-bond donors (Lipinski definition) is 1. The number of primary amides is 1. The highest BCUT2D eigenvalue weighted by atomic mass is 16.2. The molecule has 3 rings (SSSR count). The molecule has 2 amide bonds. The van der Waals surface area contributed by atoms with E-state index in [0.29, 0.717) is 17.9 Å². The number of carbonyl (C=O) groups is 2. The Morgan fingerprint density at radius 1 is 0.857 bits per heavy atom. The number of nitrogens with two attached hydrogens (primary N) is 1. The average Bonchev–Trinajstić information content (AvgIpc) is 2.47. The highest BCUT2D eigenvalue weighted by molar-refractivity contribution is 5.80. The van der Waals surface area contributed by atoms with Gasteiger partial charge in [0.1, 0.15) is 0 Å². The van der Waals surface area contributed by atoms with Crippen molar-refractivity contribution in [3.8, 4) is 0 Å². The normalized spacial score (nSPS) is 26.6. The zero-order valence-electron chi connectivity index (χ0n) is 12.8. The SMILES string of the molecule is NC(=O)C1CCN(C2CN(C(=O)C3CCCCC3)C2)CC1. The van der Waals surface area contributed by atoms with Gasteiger partial charge in [-0.3, -0.25) is 14.5 Å². The first kappa shape index (κ1) is 14.8. The molecule has 2 saturated heterocycles. The summed E-state index contributed by atoms with van der Waals surface area (Å²) in [6.07, 6.45) is 7.66. The van der Waals surface area contributed by atoms with Crippen LogP contribution in [-0.2, 0) is 9.59 Å². The van der Waals surface area contributed by atoms with E-state index in [1.807, 2.05) is 4.90 Å². The van der Waals surface area contributed by atoms with E-state index in [1.54, 1.807) is 0 Å². The molecule has 1 saturated carbocycles. The zero-order chi connectivity index (χ0) is 14.8. The predicted octanol–water partition coefficient (Wildman–Crippen LogP) is 0.975. The molecule has 0 unspecified atom stereocenters. The summed E-state index contributed by atoms with van der Waals surface area (Å²) in [6, 6.07) is 0.506. The zero-order valence-corrected chi connectivity index (χ0v) is 12.8. The van der Waals surface area contributed by atoms with Crippen LogP contribution in [0.5, 0.6) is 0 Å². The van der Waals surface area contributed by atoms with Crippen LogP contribution in [-0.4, -0.2) is 53.8 Å². The molecule has 5 nitrogen and oxygen atoms in total. The fourth-order valence-electron chi connectivity index (χ4n) is 4.02. The lowest BCUT2D eigenvalue weighted by Gasteiger charge is -2.48.